The first kappa shape index (κ1) is 15.4. The van der Waals surface area contributed by atoms with Crippen molar-refractivity contribution in [3.05, 3.63) is 11.1 Å². The molecule has 1 heterocycles. The van der Waals surface area contributed by atoms with Gasteiger partial charge in [-0.2, -0.15) is 0 Å². The van der Waals surface area contributed by atoms with E-state index in [9.17, 15) is 0 Å². The normalized spacial score (nSPS) is 12.2. The first-order valence-electron chi connectivity index (χ1n) is 6.75. The van der Waals surface area contributed by atoms with Crippen molar-refractivity contribution < 1.29 is 0 Å². The van der Waals surface area contributed by atoms with Crippen LogP contribution in [0.3, 0.4) is 0 Å². The van der Waals surface area contributed by atoms with Crippen LogP contribution in [0.2, 0.25) is 0 Å². The summed E-state index contributed by atoms with van der Waals surface area (Å²) in [6.07, 6.45) is 1.12. The lowest BCUT2D eigenvalue weighted by atomic mass is 10.0. The smallest absolute Gasteiger partial charge is 0.185 e. The maximum absolute atomic E-state index is 4.70. The van der Waals surface area contributed by atoms with Gasteiger partial charge in [0.25, 0.3) is 0 Å². The third kappa shape index (κ3) is 4.25. The first-order valence-corrected chi connectivity index (χ1v) is 7.63. The Balaban J connectivity index is 2.57. The van der Waals surface area contributed by atoms with Crippen molar-refractivity contribution in [2.24, 2.45) is 5.92 Å². The molecular formula is C14H27N3S. The van der Waals surface area contributed by atoms with Crippen LogP contribution in [0, 0.1) is 5.92 Å². The third-order valence-electron chi connectivity index (χ3n) is 3.46. The highest BCUT2D eigenvalue weighted by atomic mass is 32.1. The molecular weight excluding hydrogens is 242 g/mol. The molecule has 1 N–H and O–H groups in total. The molecule has 0 atom stereocenters. The first-order chi connectivity index (χ1) is 8.36. The highest BCUT2D eigenvalue weighted by molar-refractivity contribution is 7.13. The molecule has 0 radical (unpaired) electrons. The molecule has 0 bridgehead atoms. The summed E-state index contributed by atoms with van der Waals surface area (Å²) in [6, 6.07) is 0. The van der Waals surface area contributed by atoms with E-state index in [1.165, 1.54) is 0 Å². The Labute approximate surface area is 116 Å². The number of rotatable bonds is 7. The molecule has 0 spiro atoms. The fraction of sp³-hybridized carbons (Fsp3) is 0.786. The Kier molecular flexibility index (Phi) is 5.60. The molecule has 1 rings (SSSR count). The van der Waals surface area contributed by atoms with Crippen LogP contribution in [0.15, 0.2) is 5.38 Å². The number of nitrogens with zero attached hydrogens (tertiary/aromatic N) is 2. The molecule has 1 aromatic heterocycles. The molecule has 0 saturated heterocycles. The zero-order chi connectivity index (χ0) is 13.8. The molecule has 0 aromatic carbocycles. The van der Waals surface area contributed by atoms with E-state index < -0.39 is 0 Å². The minimum absolute atomic E-state index is 0.167. The van der Waals surface area contributed by atoms with Gasteiger partial charge in [0, 0.05) is 24.5 Å². The van der Waals surface area contributed by atoms with Gasteiger partial charge in [0.1, 0.15) is 0 Å². The van der Waals surface area contributed by atoms with Gasteiger partial charge in [-0.1, -0.05) is 20.8 Å². The van der Waals surface area contributed by atoms with Gasteiger partial charge in [0.2, 0.25) is 0 Å². The Bertz CT molecular complexity index is 358. The van der Waals surface area contributed by atoms with Crippen LogP contribution in [0.4, 0.5) is 5.13 Å². The molecule has 3 nitrogen and oxygen atoms in total. The van der Waals surface area contributed by atoms with Crippen LogP contribution < -0.4 is 10.2 Å². The summed E-state index contributed by atoms with van der Waals surface area (Å²) in [6.45, 7) is 13.1. The van der Waals surface area contributed by atoms with Gasteiger partial charge in [-0.15, -0.1) is 11.3 Å². The highest BCUT2D eigenvalue weighted by Gasteiger charge is 2.23. The average Bonchev–Trinajstić information content (AvgIpc) is 2.76. The molecule has 0 aliphatic carbocycles. The summed E-state index contributed by atoms with van der Waals surface area (Å²) in [7, 11) is 2.13. The molecule has 0 fully saturated rings. The minimum Gasteiger partial charge on any atom is -0.346 e. The minimum atomic E-state index is 0.167. The number of anilines is 1. The van der Waals surface area contributed by atoms with Crippen molar-refractivity contribution >= 4 is 16.5 Å². The molecule has 0 saturated carbocycles. The van der Waals surface area contributed by atoms with Gasteiger partial charge in [-0.25, -0.2) is 4.98 Å². The number of nitrogens with one attached hydrogen (secondary N) is 1. The Morgan fingerprint density at radius 3 is 2.67 bits per heavy atom. The van der Waals surface area contributed by atoms with Crippen molar-refractivity contribution in [3.63, 3.8) is 0 Å². The van der Waals surface area contributed by atoms with Crippen LogP contribution in [-0.2, 0) is 6.54 Å². The van der Waals surface area contributed by atoms with Crippen molar-refractivity contribution in [1.82, 2.24) is 10.3 Å². The zero-order valence-electron chi connectivity index (χ0n) is 12.6. The van der Waals surface area contributed by atoms with E-state index in [1.807, 2.05) is 0 Å². The van der Waals surface area contributed by atoms with Gasteiger partial charge in [0.15, 0.2) is 5.13 Å². The van der Waals surface area contributed by atoms with Gasteiger partial charge in [0.05, 0.1) is 5.69 Å². The average molecular weight is 269 g/mol. The lowest BCUT2D eigenvalue weighted by Crippen LogP contribution is -2.40. The SMILES string of the molecule is CCC(C)(C)N(C)c1nc(CNCC(C)C)cs1. The molecule has 18 heavy (non-hydrogen) atoms. The molecule has 0 amide bonds. The van der Waals surface area contributed by atoms with E-state index in [0.29, 0.717) is 5.92 Å². The number of aromatic nitrogens is 1. The molecule has 4 heteroatoms. The van der Waals surface area contributed by atoms with Crippen molar-refractivity contribution in [1.29, 1.82) is 0 Å². The predicted octanol–water partition coefficient (Wildman–Crippen LogP) is 3.51. The second-order valence-electron chi connectivity index (χ2n) is 5.87. The standard InChI is InChI=1S/C14H27N3S/c1-7-14(4,5)17(6)13-16-12(10-18-13)9-15-8-11(2)3/h10-11,15H,7-9H2,1-6H3. The Morgan fingerprint density at radius 2 is 2.11 bits per heavy atom. The molecule has 0 aliphatic rings. The maximum Gasteiger partial charge on any atom is 0.185 e. The quantitative estimate of drug-likeness (QED) is 0.821. The van der Waals surface area contributed by atoms with Gasteiger partial charge >= 0.3 is 0 Å². The lowest BCUT2D eigenvalue weighted by Gasteiger charge is -2.34. The fourth-order valence-electron chi connectivity index (χ4n) is 1.52. The molecule has 0 aliphatic heterocycles. The Hall–Kier alpha value is -0.610. The highest BCUT2D eigenvalue weighted by Crippen LogP contribution is 2.27. The van der Waals surface area contributed by atoms with Gasteiger partial charge < -0.3 is 10.2 Å². The molecule has 1 aromatic rings. The monoisotopic (exact) mass is 269 g/mol. The zero-order valence-corrected chi connectivity index (χ0v) is 13.4. The second kappa shape index (κ2) is 6.53. The van der Waals surface area contributed by atoms with Crippen LogP contribution in [-0.4, -0.2) is 24.1 Å². The summed E-state index contributed by atoms with van der Waals surface area (Å²) in [4.78, 5) is 6.98. The topological polar surface area (TPSA) is 28.2 Å². The molecule has 0 unspecified atom stereocenters. The van der Waals surface area contributed by atoms with Gasteiger partial charge in [-0.05, 0) is 32.7 Å². The van der Waals surface area contributed by atoms with Crippen LogP contribution in [0.25, 0.3) is 0 Å². The summed E-state index contributed by atoms with van der Waals surface area (Å²) in [5.41, 5.74) is 1.31. The van der Waals surface area contributed by atoms with E-state index in [0.717, 1.165) is 30.3 Å². The second-order valence-corrected chi connectivity index (χ2v) is 6.71. The number of thiazole rings is 1. The largest absolute Gasteiger partial charge is 0.346 e. The molecule has 104 valence electrons. The lowest BCUT2D eigenvalue weighted by molar-refractivity contribution is 0.469. The Morgan fingerprint density at radius 1 is 1.44 bits per heavy atom. The summed E-state index contributed by atoms with van der Waals surface area (Å²) in [5.74, 6) is 0.685. The summed E-state index contributed by atoms with van der Waals surface area (Å²) in [5, 5.41) is 6.70. The van der Waals surface area contributed by atoms with Crippen molar-refractivity contribution in [3.8, 4) is 0 Å². The predicted molar refractivity (Wildman–Crippen MR) is 81.4 cm³/mol. The van der Waals surface area contributed by atoms with Crippen LogP contribution >= 0.6 is 11.3 Å². The van der Waals surface area contributed by atoms with E-state index in [1.54, 1.807) is 11.3 Å². The van der Waals surface area contributed by atoms with E-state index in [-0.39, 0.29) is 5.54 Å². The maximum atomic E-state index is 4.70. The fourth-order valence-corrected chi connectivity index (χ4v) is 2.47. The van der Waals surface area contributed by atoms with Crippen molar-refractivity contribution in [2.45, 2.75) is 53.1 Å². The number of hydrogen-bond donors (Lipinski definition) is 1. The van der Waals surface area contributed by atoms with Gasteiger partial charge in [-0.3, -0.25) is 0 Å². The van der Waals surface area contributed by atoms with E-state index >= 15 is 0 Å². The van der Waals surface area contributed by atoms with Crippen LogP contribution in [0.5, 0.6) is 0 Å². The summed E-state index contributed by atoms with van der Waals surface area (Å²) < 4.78 is 0. The third-order valence-corrected chi connectivity index (χ3v) is 4.42. The summed E-state index contributed by atoms with van der Waals surface area (Å²) >= 11 is 1.73. The van der Waals surface area contributed by atoms with Crippen molar-refractivity contribution in [2.75, 3.05) is 18.5 Å². The number of hydrogen-bond acceptors (Lipinski definition) is 4. The van der Waals surface area contributed by atoms with Crippen LogP contribution in [0.1, 0.15) is 46.7 Å². The van der Waals surface area contributed by atoms with E-state index in [2.05, 4.69) is 57.3 Å². The van der Waals surface area contributed by atoms with E-state index in [4.69, 9.17) is 4.98 Å².